The van der Waals surface area contributed by atoms with Crippen LogP contribution in [0.3, 0.4) is 0 Å². The van der Waals surface area contributed by atoms with Gasteiger partial charge in [0, 0.05) is 0 Å². The summed E-state index contributed by atoms with van der Waals surface area (Å²) >= 11 is 0. The van der Waals surface area contributed by atoms with Crippen LogP contribution in [0, 0.1) is 0 Å². The van der Waals surface area contributed by atoms with Crippen LogP contribution in [-0.2, 0) is 16.0 Å². The molecule has 1 amide bonds. The molecule has 0 unspecified atom stereocenters. The average Bonchev–Trinajstić information content (AvgIpc) is 2.34. The highest BCUT2D eigenvalue weighted by Crippen LogP contribution is 2.05. The van der Waals surface area contributed by atoms with Gasteiger partial charge in [0.15, 0.2) is 0 Å². The summed E-state index contributed by atoms with van der Waals surface area (Å²) in [5.41, 5.74) is 6.35. The summed E-state index contributed by atoms with van der Waals surface area (Å²) < 4.78 is 0. The van der Waals surface area contributed by atoms with E-state index in [0.717, 1.165) is 5.56 Å². The van der Waals surface area contributed by atoms with Crippen LogP contribution in [0.5, 0.6) is 0 Å². The molecular formula is C13H18N2O3. The van der Waals surface area contributed by atoms with Crippen molar-refractivity contribution in [3.63, 3.8) is 0 Å². The third-order valence-electron chi connectivity index (χ3n) is 2.73. The summed E-state index contributed by atoms with van der Waals surface area (Å²) in [5, 5.41) is 11.5. The first-order chi connectivity index (χ1) is 8.50. The van der Waals surface area contributed by atoms with Crippen molar-refractivity contribution in [1.29, 1.82) is 0 Å². The first kappa shape index (κ1) is 14.2. The fraction of sp³-hybridized carbons (Fsp3) is 0.385. The van der Waals surface area contributed by atoms with E-state index >= 15 is 0 Å². The third-order valence-corrected chi connectivity index (χ3v) is 2.73. The van der Waals surface area contributed by atoms with Crippen molar-refractivity contribution in [1.82, 2.24) is 5.32 Å². The highest BCUT2D eigenvalue weighted by molar-refractivity contribution is 5.81. The number of carboxylic acids is 1. The molecule has 0 aliphatic rings. The summed E-state index contributed by atoms with van der Waals surface area (Å²) in [6, 6.07) is 8.25. The lowest BCUT2D eigenvalue weighted by molar-refractivity contribution is -0.139. The van der Waals surface area contributed by atoms with Gasteiger partial charge in [0.1, 0.15) is 6.04 Å². The van der Waals surface area contributed by atoms with Crippen molar-refractivity contribution in [2.24, 2.45) is 5.73 Å². The summed E-state index contributed by atoms with van der Waals surface area (Å²) in [7, 11) is 0. The molecule has 5 heteroatoms. The van der Waals surface area contributed by atoms with Crippen molar-refractivity contribution in [2.75, 3.05) is 0 Å². The highest BCUT2D eigenvalue weighted by Gasteiger charge is 2.20. The van der Waals surface area contributed by atoms with Gasteiger partial charge in [0.05, 0.1) is 6.04 Å². The van der Waals surface area contributed by atoms with Crippen LogP contribution < -0.4 is 11.1 Å². The van der Waals surface area contributed by atoms with E-state index in [-0.39, 0.29) is 0 Å². The molecule has 1 aromatic rings. The first-order valence-electron chi connectivity index (χ1n) is 5.83. The zero-order chi connectivity index (χ0) is 13.5. The number of aryl methyl sites for hydroxylation is 1. The summed E-state index contributed by atoms with van der Waals surface area (Å²) in [5.74, 6) is -1.53. The van der Waals surface area contributed by atoms with E-state index in [1.165, 1.54) is 6.92 Å². The first-order valence-corrected chi connectivity index (χ1v) is 5.83. The molecule has 1 aromatic carbocycles. The second-order valence-electron chi connectivity index (χ2n) is 4.21. The number of carboxylic acid groups (broad SMARTS) is 1. The maximum atomic E-state index is 11.2. The Morgan fingerprint density at radius 3 is 2.44 bits per heavy atom. The number of carbonyl (C=O) groups is 2. The normalized spacial score (nSPS) is 13.8. The van der Waals surface area contributed by atoms with Crippen LogP contribution in [0.4, 0.5) is 0 Å². The predicted octanol–water partition coefficient (Wildman–Crippen LogP) is 0.536. The van der Waals surface area contributed by atoms with Crippen LogP contribution in [0.25, 0.3) is 0 Å². The number of amides is 1. The van der Waals surface area contributed by atoms with Crippen molar-refractivity contribution >= 4 is 11.9 Å². The van der Waals surface area contributed by atoms with Crippen LogP contribution >= 0.6 is 0 Å². The number of hydrogen-bond acceptors (Lipinski definition) is 3. The number of hydrogen-bond donors (Lipinski definition) is 3. The maximum absolute atomic E-state index is 11.2. The fourth-order valence-electron chi connectivity index (χ4n) is 1.64. The topological polar surface area (TPSA) is 92.4 Å². The minimum atomic E-state index is -0.999. The number of aliphatic carboxylic acids is 1. The van der Waals surface area contributed by atoms with Gasteiger partial charge in [-0.1, -0.05) is 30.3 Å². The molecule has 18 heavy (non-hydrogen) atoms. The molecule has 0 radical (unpaired) electrons. The molecule has 0 aliphatic heterocycles. The molecule has 0 aliphatic carbocycles. The monoisotopic (exact) mass is 250 g/mol. The summed E-state index contributed by atoms with van der Waals surface area (Å²) in [4.78, 5) is 22.0. The number of primary amides is 1. The number of nitrogens with one attached hydrogen (secondary N) is 1. The Bertz CT molecular complexity index is 406. The van der Waals surface area contributed by atoms with Crippen LogP contribution in [-0.4, -0.2) is 29.1 Å². The van der Waals surface area contributed by atoms with E-state index in [1.54, 1.807) is 0 Å². The maximum Gasteiger partial charge on any atom is 0.320 e. The van der Waals surface area contributed by atoms with Crippen molar-refractivity contribution < 1.29 is 14.7 Å². The van der Waals surface area contributed by atoms with E-state index in [1.807, 2.05) is 30.3 Å². The number of benzene rings is 1. The van der Waals surface area contributed by atoms with E-state index < -0.39 is 24.0 Å². The van der Waals surface area contributed by atoms with E-state index in [9.17, 15) is 9.59 Å². The molecule has 0 saturated carbocycles. The summed E-state index contributed by atoms with van der Waals surface area (Å²) in [6.07, 6.45) is 1.16. The Labute approximate surface area is 106 Å². The standard InChI is InChI=1S/C13H18N2O3/c1-9(13(17)18)15-11(12(14)16)8-7-10-5-3-2-4-6-10/h2-6,9,11,15H,7-8H2,1H3,(H2,14,16)(H,17,18)/t9-,11-/m0/s1. The van der Waals surface area contributed by atoms with Gasteiger partial charge in [-0.3, -0.25) is 14.9 Å². The number of carbonyl (C=O) groups excluding carboxylic acids is 1. The van der Waals surface area contributed by atoms with Gasteiger partial charge in [-0.15, -0.1) is 0 Å². The Morgan fingerprint density at radius 1 is 1.33 bits per heavy atom. The lowest BCUT2D eigenvalue weighted by atomic mass is 10.0. The molecule has 1 rings (SSSR count). The second-order valence-corrected chi connectivity index (χ2v) is 4.21. The SMILES string of the molecule is C[C@H](N[C@@H](CCc1ccccc1)C(N)=O)C(=O)O. The fourth-order valence-corrected chi connectivity index (χ4v) is 1.64. The molecule has 0 heterocycles. The van der Waals surface area contributed by atoms with Crippen LogP contribution in [0.2, 0.25) is 0 Å². The molecule has 0 spiro atoms. The molecule has 4 N–H and O–H groups in total. The second kappa shape index (κ2) is 6.76. The largest absolute Gasteiger partial charge is 0.480 e. The Kier molecular flexibility index (Phi) is 5.32. The lowest BCUT2D eigenvalue weighted by Gasteiger charge is -2.18. The van der Waals surface area contributed by atoms with Crippen molar-refractivity contribution in [3.05, 3.63) is 35.9 Å². The Morgan fingerprint density at radius 2 is 1.94 bits per heavy atom. The van der Waals surface area contributed by atoms with Gasteiger partial charge < -0.3 is 10.8 Å². The Hall–Kier alpha value is -1.88. The minimum absolute atomic E-state index is 0.483. The van der Waals surface area contributed by atoms with Gasteiger partial charge in [-0.25, -0.2) is 0 Å². The van der Waals surface area contributed by atoms with Gasteiger partial charge in [-0.05, 0) is 25.3 Å². The minimum Gasteiger partial charge on any atom is -0.480 e. The predicted molar refractivity (Wildman–Crippen MR) is 68.0 cm³/mol. The summed E-state index contributed by atoms with van der Waals surface area (Å²) in [6.45, 7) is 1.49. The van der Waals surface area contributed by atoms with Crippen LogP contribution in [0.1, 0.15) is 18.9 Å². The average molecular weight is 250 g/mol. The van der Waals surface area contributed by atoms with Crippen molar-refractivity contribution in [3.8, 4) is 0 Å². The number of rotatable bonds is 7. The van der Waals surface area contributed by atoms with Crippen LogP contribution in [0.15, 0.2) is 30.3 Å². The zero-order valence-corrected chi connectivity index (χ0v) is 10.3. The molecule has 2 atom stereocenters. The molecule has 0 bridgehead atoms. The quantitative estimate of drug-likeness (QED) is 0.658. The third kappa shape index (κ3) is 4.55. The zero-order valence-electron chi connectivity index (χ0n) is 10.3. The molecule has 0 fully saturated rings. The van der Waals surface area contributed by atoms with Gasteiger partial charge in [0.25, 0.3) is 0 Å². The molecule has 0 aromatic heterocycles. The Balaban J connectivity index is 2.53. The molecule has 0 saturated heterocycles. The van der Waals surface area contributed by atoms with E-state index in [0.29, 0.717) is 12.8 Å². The molecule has 98 valence electrons. The smallest absolute Gasteiger partial charge is 0.320 e. The molecular weight excluding hydrogens is 232 g/mol. The lowest BCUT2D eigenvalue weighted by Crippen LogP contribution is -2.48. The number of nitrogens with two attached hydrogens (primary N) is 1. The van der Waals surface area contributed by atoms with Gasteiger partial charge in [0.2, 0.25) is 5.91 Å². The van der Waals surface area contributed by atoms with Gasteiger partial charge in [-0.2, -0.15) is 0 Å². The van der Waals surface area contributed by atoms with Gasteiger partial charge >= 0.3 is 5.97 Å². The van der Waals surface area contributed by atoms with E-state index in [4.69, 9.17) is 10.8 Å². The highest BCUT2D eigenvalue weighted by atomic mass is 16.4. The van der Waals surface area contributed by atoms with E-state index in [2.05, 4.69) is 5.32 Å². The van der Waals surface area contributed by atoms with Crippen molar-refractivity contribution in [2.45, 2.75) is 31.8 Å². The molecule has 5 nitrogen and oxygen atoms in total.